The molecular weight excluding hydrogens is 252 g/mol. The Morgan fingerprint density at radius 2 is 2.29 bits per heavy atom. The third kappa shape index (κ3) is 3.35. The summed E-state index contributed by atoms with van der Waals surface area (Å²) < 4.78 is 0. The van der Waals surface area contributed by atoms with Crippen LogP contribution >= 0.6 is 22.7 Å². The Labute approximate surface area is 109 Å². The molecular formula is C12H16N2OS2. The minimum atomic E-state index is -0.441. The van der Waals surface area contributed by atoms with Gasteiger partial charge in [0.15, 0.2) is 0 Å². The fourth-order valence-corrected chi connectivity index (χ4v) is 2.97. The van der Waals surface area contributed by atoms with Crippen LogP contribution in [-0.4, -0.2) is 16.6 Å². The lowest BCUT2D eigenvalue weighted by atomic mass is 10.2. The maximum atomic E-state index is 9.94. The number of nitrogens with zero attached hydrogens (tertiary/aromatic N) is 1. The lowest BCUT2D eigenvalue weighted by Gasteiger charge is -2.15. The summed E-state index contributed by atoms with van der Waals surface area (Å²) in [6.45, 7) is 4.62. The predicted octanol–water partition coefficient (Wildman–Crippen LogP) is 2.90. The highest BCUT2D eigenvalue weighted by atomic mass is 32.1. The van der Waals surface area contributed by atoms with Gasteiger partial charge in [-0.25, -0.2) is 4.98 Å². The summed E-state index contributed by atoms with van der Waals surface area (Å²) >= 11 is 3.26. The highest BCUT2D eigenvalue weighted by Gasteiger charge is 2.12. The number of hydrogen-bond acceptors (Lipinski definition) is 5. The van der Waals surface area contributed by atoms with E-state index in [0.29, 0.717) is 6.54 Å². The largest absolute Gasteiger partial charge is 0.387 e. The number of rotatable bonds is 5. The standard InChI is InChI=1S/C12H16N2OS2/c1-8(11-7-17-9(2)14-11)13-5-12(15)10-3-4-16-6-10/h3-4,6-8,12-13,15H,5H2,1-2H3. The lowest BCUT2D eigenvalue weighted by molar-refractivity contribution is 0.171. The number of hydrogen-bond donors (Lipinski definition) is 2. The molecule has 3 nitrogen and oxygen atoms in total. The van der Waals surface area contributed by atoms with Gasteiger partial charge in [0.1, 0.15) is 0 Å². The molecule has 2 heterocycles. The van der Waals surface area contributed by atoms with Gasteiger partial charge in [0.05, 0.1) is 16.8 Å². The van der Waals surface area contributed by atoms with E-state index in [1.54, 1.807) is 22.7 Å². The molecule has 0 aliphatic heterocycles. The summed E-state index contributed by atoms with van der Waals surface area (Å²) in [7, 11) is 0. The van der Waals surface area contributed by atoms with Crippen LogP contribution in [0.25, 0.3) is 0 Å². The monoisotopic (exact) mass is 268 g/mol. The van der Waals surface area contributed by atoms with E-state index >= 15 is 0 Å². The van der Waals surface area contributed by atoms with Gasteiger partial charge >= 0.3 is 0 Å². The van der Waals surface area contributed by atoms with Crippen molar-refractivity contribution in [1.29, 1.82) is 0 Å². The maximum Gasteiger partial charge on any atom is 0.0922 e. The van der Waals surface area contributed by atoms with Crippen LogP contribution in [0.15, 0.2) is 22.2 Å². The first-order valence-electron chi connectivity index (χ1n) is 5.52. The Bertz CT molecular complexity index is 453. The van der Waals surface area contributed by atoms with Crippen molar-refractivity contribution in [2.45, 2.75) is 26.0 Å². The molecule has 5 heteroatoms. The van der Waals surface area contributed by atoms with Gasteiger partial charge in [0.25, 0.3) is 0 Å². The lowest BCUT2D eigenvalue weighted by Crippen LogP contribution is -2.24. The van der Waals surface area contributed by atoms with Gasteiger partial charge < -0.3 is 10.4 Å². The molecule has 2 unspecified atom stereocenters. The molecule has 0 aliphatic carbocycles. The number of thiophene rings is 1. The molecule has 0 aliphatic rings. The van der Waals surface area contributed by atoms with E-state index in [0.717, 1.165) is 16.3 Å². The Morgan fingerprint density at radius 3 is 2.88 bits per heavy atom. The summed E-state index contributed by atoms with van der Waals surface area (Å²) in [6, 6.07) is 2.13. The number of nitrogens with one attached hydrogen (secondary N) is 1. The van der Waals surface area contributed by atoms with Crippen molar-refractivity contribution < 1.29 is 5.11 Å². The normalized spacial score (nSPS) is 14.8. The van der Waals surface area contributed by atoms with E-state index < -0.39 is 6.10 Å². The zero-order valence-corrected chi connectivity index (χ0v) is 11.5. The first-order chi connectivity index (χ1) is 8.16. The van der Waals surface area contributed by atoms with E-state index in [9.17, 15) is 5.11 Å². The number of aromatic nitrogens is 1. The summed E-state index contributed by atoms with van der Waals surface area (Å²) in [5.74, 6) is 0. The first-order valence-corrected chi connectivity index (χ1v) is 7.34. The molecule has 0 fully saturated rings. The molecule has 0 spiro atoms. The van der Waals surface area contributed by atoms with Crippen molar-refractivity contribution in [3.05, 3.63) is 38.5 Å². The van der Waals surface area contributed by atoms with Crippen LogP contribution in [0.2, 0.25) is 0 Å². The second-order valence-corrected chi connectivity index (χ2v) is 5.84. The van der Waals surface area contributed by atoms with E-state index in [4.69, 9.17) is 0 Å². The van der Waals surface area contributed by atoms with E-state index in [1.165, 1.54) is 0 Å². The SMILES string of the molecule is Cc1nc(C(C)NCC(O)c2ccsc2)cs1. The fourth-order valence-electron chi connectivity index (χ4n) is 1.55. The molecule has 92 valence electrons. The second-order valence-electron chi connectivity index (χ2n) is 3.99. The van der Waals surface area contributed by atoms with Crippen molar-refractivity contribution in [2.24, 2.45) is 0 Å². The van der Waals surface area contributed by atoms with Crippen LogP contribution < -0.4 is 5.32 Å². The Hall–Kier alpha value is -0.750. The number of thiazole rings is 1. The molecule has 0 saturated heterocycles. The van der Waals surface area contributed by atoms with Crippen LogP contribution in [0.4, 0.5) is 0 Å². The van der Waals surface area contributed by atoms with Gasteiger partial charge in [-0.15, -0.1) is 11.3 Å². The van der Waals surface area contributed by atoms with Gasteiger partial charge in [-0.1, -0.05) is 0 Å². The number of aliphatic hydroxyl groups is 1. The van der Waals surface area contributed by atoms with Crippen LogP contribution in [0.1, 0.15) is 35.3 Å². The summed E-state index contributed by atoms with van der Waals surface area (Å²) in [4.78, 5) is 4.43. The molecule has 0 saturated carbocycles. The number of aliphatic hydroxyl groups excluding tert-OH is 1. The van der Waals surface area contributed by atoms with Gasteiger partial charge in [0, 0.05) is 18.0 Å². The average Bonchev–Trinajstić information content (AvgIpc) is 2.95. The van der Waals surface area contributed by atoms with Crippen molar-refractivity contribution >= 4 is 22.7 Å². The smallest absolute Gasteiger partial charge is 0.0922 e. The highest BCUT2D eigenvalue weighted by molar-refractivity contribution is 7.09. The van der Waals surface area contributed by atoms with Crippen LogP contribution in [0.5, 0.6) is 0 Å². The third-order valence-corrected chi connectivity index (χ3v) is 4.12. The number of aryl methyl sites for hydroxylation is 1. The van der Waals surface area contributed by atoms with Crippen LogP contribution in [-0.2, 0) is 0 Å². The highest BCUT2D eigenvalue weighted by Crippen LogP contribution is 2.18. The summed E-state index contributed by atoms with van der Waals surface area (Å²) in [5, 5.41) is 20.3. The van der Waals surface area contributed by atoms with Gasteiger partial charge in [0.2, 0.25) is 0 Å². The Balaban J connectivity index is 1.86. The maximum absolute atomic E-state index is 9.94. The summed E-state index contributed by atoms with van der Waals surface area (Å²) in [6.07, 6.45) is -0.441. The molecule has 0 bridgehead atoms. The Morgan fingerprint density at radius 1 is 1.47 bits per heavy atom. The molecule has 0 amide bonds. The van der Waals surface area contributed by atoms with E-state index in [2.05, 4.69) is 22.6 Å². The Kier molecular flexibility index (Phi) is 4.28. The van der Waals surface area contributed by atoms with Gasteiger partial charge in [-0.2, -0.15) is 11.3 Å². The minimum absolute atomic E-state index is 0.174. The van der Waals surface area contributed by atoms with Crippen molar-refractivity contribution in [3.8, 4) is 0 Å². The predicted molar refractivity (Wildman–Crippen MR) is 72.5 cm³/mol. The first kappa shape index (κ1) is 12.7. The molecule has 2 atom stereocenters. The minimum Gasteiger partial charge on any atom is -0.387 e. The van der Waals surface area contributed by atoms with Crippen molar-refractivity contribution in [1.82, 2.24) is 10.3 Å². The molecule has 0 aromatic carbocycles. The van der Waals surface area contributed by atoms with E-state index in [1.807, 2.05) is 23.8 Å². The van der Waals surface area contributed by atoms with Crippen LogP contribution in [0, 0.1) is 6.92 Å². The van der Waals surface area contributed by atoms with Crippen LogP contribution in [0.3, 0.4) is 0 Å². The quantitative estimate of drug-likeness (QED) is 0.876. The molecule has 2 aromatic rings. The topological polar surface area (TPSA) is 45.2 Å². The zero-order chi connectivity index (χ0) is 12.3. The average molecular weight is 268 g/mol. The van der Waals surface area contributed by atoms with Crippen molar-refractivity contribution in [3.63, 3.8) is 0 Å². The molecule has 17 heavy (non-hydrogen) atoms. The van der Waals surface area contributed by atoms with Crippen molar-refractivity contribution in [2.75, 3.05) is 6.54 Å². The van der Waals surface area contributed by atoms with E-state index in [-0.39, 0.29) is 6.04 Å². The molecule has 0 radical (unpaired) electrons. The third-order valence-electron chi connectivity index (χ3n) is 2.63. The van der Waals surface area contributed by atoms with Gasteiger partial charge in [-0.3, -0.25) is 0 Å². The molecule has 2 aromatic heterocycles. The molecule has 2 N–H and O–H groups in total. The van der Waals surface area contributed by atoms with Gasteiger partial charge in [-0.05, 0) is 36.2 Å². The summed E-state index contributed by atoms with van der Waals surface area (Å²) in [5.41, 5.74) is 2.02. The second kappa shape index (κ2) is 5.73. The fraction of sp³-hybridized carbons (Fsp3) is 0.417. The zero-order valence-electron chi connectivity index (χ0n) is 9.88. The molecule has 2 rings (SSSR count).